The van der Waals surface area contributed by atoms with Gasteiger partial charge >= 0.3 is 0 Å². The Hall–Kier alpha value is -0.780. The van der Waals surface area contributed by atoms with Crippen molar-refractivity contribution in [3.05, 3.63) is 50.8 Å². The van der Waals surface area contributed by atoms with Crippen LogP contribution in [0.5, 0.6) is 5.75 Å². The van der Waals surface area contributed by atoms with Crippen molar-refractivity contribution in [2.24, 2.45) is 5.73 Å². The predicted molar refractivity (Wildman–Crippen MR) is 77.7 cm³/mol. The first kappa shape index (κ1) is 13.6. The molecule has 0 aliphatic carbocycles. The van der Waals surface area contributed by atoms with Crippen LogP contribution in [0.1, 0.15) is 17.2 Å². The minimum Gasteiger partial charge on any atom is -0.496 e. The summed E-state index contributed by atoms with van der Waals surface area (Å²) in [5.74, 6) is 0.816. The summed E-state index contributed by atoms with van der Waals surface area (Å²) in [6.07, 6.45) is 2.37. The lowest BCUT2D eigenvalue weighted by molar-refractivity contribution is 0.412. The largest absolute Gasteiger partial charge is 0.496 e. The zero-order valence-electron chi connectivity index (χ0n) is 9.82. The van der Waals surface area contributed by atoms with Crippen LogP contribution in [0.2, 0.25) is 0 Å². The van der Waals surface area contributed by atoms with Gasteiger partial charge in [-0.15, -0.1) is 0 Å². The molecule has 1 aromatic carbocycles. The molecule has 0 saturated heterocycles. The van der Waals surface area contributed by atoms with E-state index < -0.39 is 0 Å². The summed E-state index contributed by atoms with van der Waals surface area (Å²) in [7, 11) is 1.65. The number of rotatable bonds is 4. The van der Waals surface area contributed by atoms with Gasteiger partial charge < -0.3 is 14.9 Å². The van der Waals surface area contributed by atoms with Crippen LogP contribution in [0, 0.1) is 0 Å². The molecule has 1 heterocycles. The zero-order chi connectivity index (χ0) is 13.1. The van der Waals surface area contributed by atoms with Crippen LogP contribution in [-0.2, 0) is 6.42 Å². The number of nitrogens with two attached hydrogens (primary N) is 1. The summed E-state index contributed by atoms with van der Waals surface area (Å²) < 4.78 is 12.0. The second kappa shape index (κ2) is 5.91. The SMILES string of the molecule is COc1ccc(CC(N)c2ccoc2Br)cc1Br. The molecule has 0 saturated carbocycles. The zero-order valence-corrected chi connectivity index (χ0v) is 13.0. The molecule has 2 N–H and O–H groups in total. The summed E-state index contributed by atoms with van der Waals surface area (Å²) in [6, 6.07) is 7.74. The first-order valence-electron chi connectivity index (χ1n) is 5.42. The van der Waals surface area contributed by atoms with Gasteiger partial charge in [0.25, 0.3) is 0 Å². The smallest absolute Gasteiger partial charge is 0.173 e. The number of methoxy groups -OCH3 is 1. The van der Waals surface area contributed by atoms with Crippen molar-refractivity contribution < 1.29 is 9.15 Å². The average molecular weight is 375 g/mol. The molecule has 2 aromatic rings. The standard InChI is InChI=1S/C13H13Br2NO2/c1-17-12-3-2-8(6-10(12)14)7-11(16)9-4-5-18-13(9)15/h2-6,11H,7,16H2,1H3. The molecule has 2 rings (SSSR count). The Kier molecular flexibility index (Phi) is 4.48. The molecule has 5 heteroatoms. The summed E-state index contributed by atoms with van der Waals surface area (Å²) in [5, 5.41) is 0. The van der Waals surface area contributed by atoms with E-state index in [4.69, 9.17) is 14.9 Å². The number of hydrogen-bond donors (Lipinski definition) is 1. The molecule has 1 unspecified atom stereocenters. The maximum atomic E-state index is 6.16. The van der Waals surface area contributed by atoms with E-state index in [9.17, 15) is 0 Å². The number of benzene rings is 1. The van der Waals surface area contributed by atoms with Crippen molar-refractivity contribution in [3.8, 4) is 5.75 Å². The van der Waals surface area contributed by atoms with Crippen molar-refractivity contribution in [2.75, 3.05) is 7.11 Å². The van der Waals surface area contributed by atoms with Gasteiger partial charge in [-0.05, 0) is 62.0 Å². The third-order valence-electron chi connectivity index (χ3n) is 2.72. The number of ether oxygens (including phenoxy) is 1. The van der Waals surface area contributed by atoms with Crippen molar-refractivity contribution >= 4 is 31.9 Å². The Labute approximate surface area is 123 Å². The Morgan fingerprint density at radius 1 is 1.33 bits per heavy atom. The molecule has 0 spiro atoms. The van der Waals surface area contributed by atoms with Crippen molar-refractivity contribution in [2.45, 2.75) is 12.5 Å². The summed E-state index contributed by atoms with van der Waals surface area (Å²) in [4.78, 5) is 0. The van der Waals surface area contributed by atoms with Crippen LogP contribution in [0.4, 0.5) is 0 Å². The van der Waals surface area contributed by atoms with Crippen molar-refractivity contribution in [3.63, 3.8) is 0 Å². The minimum absolute atomic E-state index is 0.0987. The van der Waals surface area contributed by atoms with Gasteiger partial charge in [-0.3, -0.25) is 0 Å². The molecule has 96 valence electrons. The molecule has 0 aliphatic rings. The van der Waals surface area contributed by atoms with Gasteiger partial charge in [0.1, 0.15) is 5.75 Å². The molecule has 0 bridgehead atoms. The highest BCUT2D eigenvalue weighted by Crippen LogP contribution is 2.29. The molecular weight excluding hydrogens is 362 g/mol. The van der Waals surface area contributed by atoms with Crippen LogP contribution >= 0.6 is 31.9 Å². The number of hydrogen-bond acceptors (Lipinski definition) is 3. The average Bonchev–Trinajstić information content (AvgIpc) is 2.76. The second-order valence-corrected chi connectivity index (χ2v) is 5.50. The fraction of sp³-hybridized carbons (Fsp3) is 0.231. The van der Waals surface area contributed by atoms with Crippen LogP contribution in [-0.4, -0.2) is 7.11 Å². The Balaban J connectivity index is 2.15. The van der Waals surface area contributed by atoms with E-state index in [1.54, 1.807) is 13.4 Å². The van der Waals surface area contributed by atoms with Crippen molar-refractivity contribution in [1.29, 1.82) is 0 Å². The maximum Gasteiger partial charge on any atom is 0.173 e. The van der Waals surface area contributed by atoms with Gasteiger partial charge in [0.05, 0.1) is 17.8 Å². The molecule has 0 radical (unpaired) electrons. The van der Waals surface area contributed by atoms with Gasteiger partial charge in [-0.25, -0.2) is 0 Å². The highest BCUT2D eigenvalue weighted by molar-refractivity contribution is 9.10. The highest BCUT2D eigenvalue weighted by Gasteiger charge is 2.13. The van der Waals surface area contributed by atoms with Gasteiger partial charge in [0.15, 0.2) is 4.67 Å². The lowest BCUT2D eigenvalue weighted by atomic mass is 10.0. The molecule has 0 fully saturated rings. The fourth-order valence-electron chi connectivity index (χ4n) is 1.77. The van der Waals surface area contributed by atoms with Crippen LogP contribution in [0.15, 0.2) is 44.1 Å². The number of halogens is 2. The third kappa shape index (κ3) is 2.96. The van der Waals surface area contributed by atoms with E-state index in [-0.39, 0.29) is 6.04 Å². The minimum atomic E-state index is -0.0987. The molecule has 0 amide bonds. The Morgan fingerprint density at radius 2 is 2.11 bits per heavy atom. The highest BCUT2D eigenvalue weighted by atomic mass is 79.9. The lowest BCUT2D eigenvalue weighted by Crippen LogP contribution is -2.13. The first-order chi connectivity index (χ1) is 8.61. The van der Waals surface area contributed by atoms with Crippen LogP contribution < -0.4 is 10.5 Å². The third-order valence-corrected chi connectivity index (χ3v) is 3.98. The quantitative estimate of drug-likeness (QED) is 0.877. The van der Waals surface area contributed by atoms with Crippen LogP contribution in [0.25, 0.3) is 0 Å². The predicted octanol–water partition coefficient (Wildman–Crippen LogP) is 4.06. The topological polar surface area (TPSA) is 48.4 Å². The molecule has 1 atom stereocenters. The molecule has 1 aromatic heterocycles. The summed E-state index contributed by atoms with van der Waals surface area (Å²) >= 11 is 6.81. The molecule has 3 nitrogen and oxygen atoms in total. The Bertz CT molecular complexity index is 540. The van der Waals surface area contributed by atoms with E-state index in [0.29, 0.717) is 4.67 Å². The van der Waals surface area contributed by atoms with Gasteiger partial charge in [0, 0.05) is 11.6 Å². The van der Waals surface area contributed by atoms with E-state index in [1.807, 2.05) is 24.3 Å². The van der Waals surface area contributed by atoms with Gasteiger partial charge in [0.2, 0.25) is 0 Å². The second-order valence-electron chi connectivity index (χ2n) is 3.93. The van der Waals surface area contributed by atoms with E-state index in [0.717, 1.165) is 27.8 Å². The summed E-state index contributed by atoms with van der Waals surface area (Å²) in [6.45, 7) is 0. The molecule has 0 aliphatic heterocycles. The lowest BCUT2D eigenvalue weighted by Gasteiger charge is -2.11. The molecular formula is C13H13Br2NO2. The maximum absolute atomic E-state index is 6.16. The van der Waals surface area contributed by atoms with Gasteiger partial charge in [-0.2, -0.15) is 0 Å². The first-order valence-corrected chi connectivity index (χ1v) is 7.01. The van der Waals surface area contributed by atoms with Crippen LogP contribution in [0.3, 0.4) is 0 Å². The molecule has 18 heavy (non-hydrogen) atoms. The number of furan rings is 1. The van der Waals surface area contributed by atoms with E-state index in [2.05, 4.69) is 31.9 Å². The van der Waals surface area contributed by atoms with Crippen molar-refractivity contribution in [1.82, 2.24) is 0 Å². The Morgan fingerprint density at radius 3 is 2.67 bits per heavy atom. The van der Waals surface area contributed by atoms with E-state index >= 15 is 0 Å². The monoisotopic (exact) mass is 373 g/mol. The van der Waals surface area contributed by atoms with E-state index in [1.165, 1.54) is 0 Å². The normalized spacial score (nSPS) is 12.4. The van der Waals surface area contributed by atoms with Gasteiger partial charge in [-0.1, -0.05) is 6.07 Å². The fourth-order valence-corrected chi connectivity index (χ4v) is 2.89. The summed E-state index contributed by atoms with van der Waals surface area (Å²) in [5.41, 5.74) is 8.27.